The first-order valence-electron chi connectivity index (χ1n) is 15.5. The van der Waals surface area contributed by atoms with Gasteiger partial charge in [-0.2, -0.15) is 0 Å². The fraction of sp³-hybridized carbons (Fsp3) is 0.417. The number of nitrogens with one attached hydrogen (secondary N) is 2. The zero-order valence-corrected chi connectivity index (χ0v) is 28.4. The number of hydrogen-bond acceptors (Lipinski definition) is 6. The van der Waals surface area contributed by atoms with Crippen molar-refractivity contribution in [3.8, 4) is 11.5 Å². The molecule has 3 amide bonds. The molecule has 3 atom stereocenters. The molecule has 0 saturated carbocycles. The number of phenolic OH excluding ortho intramolecular Hbond substituents is 2. The highest BCUT2D eigenvalue weighted by atomic mass is 35.5. The van der Waals surface area contributed by atoms with Gasteiger partial charge in [-0.1, -0.05) is 67.9 Å². The SMILES string of the molecule is Cc1cccc(Cl)c1NC(=O)C(c1ccccc1O)N(C(=O)C(Cc1ccc(O)cc1)NC(=O)OC(C)(C)C)C(C)CCC(C)C. The highest BCUT2D eigenvalue weighted by Gasteiger charge is 2.40. The molecule has 0 aliphatic heterocycles. The van der Waals surface area contributed by atoms with E-state index < -0.39 is 41.6 Å². The Morgan fingerprint density at radius 3 is 2.15 bits per heavy atom. The van der Waals surface area contributed by atoms with Crippen LogP contribution in [0.5, 0.6) is 11.5 Å². The molecule has 10 heteroatoms. The van der Waals surface area contributed by atoms with Gasteiger partial charge in [0.1, 0.15) is 29.2 Å². The number of para-hydroxylation sites is 2. The average molecular weight is 652 g/mol. The van der Waals surface area contributed by atoms with E-state index in [2.05, 4.69) is 24.5 Å². The quantitative estimate of drug-likeness (QED) is 0.160. The molecule has 0 saturated heterocycles. The zero-order chi connectivity index (χ0) is 34.2. The summed E-state index contributed by atoms with van der Waals surface area (Å²) in [7, 11) is 0. The number of rotatable bonds is 12. The molecule has 0 aromatic heterocycles. The fourth-order valence-electron chi connectivity index (χ4n) is 5.13. The van der Waals surface area contributed by atoms with Gasteiger partial charge in [-0.3, -0.25) is 9.59 Å². The van der Waals surface area contributed by atoms with Gasteiger partial charge in [0.25, 0.3) is 5.91 Å². The second kappa shape index (κ2) is 15.9. The van der Waals surface area contributed by atoms with Crippen molar-refractivity contribution < 1.29 is 29.3 Å². The molecule has 3 aromatic carbocycles. The highest BCUT2D eigenvalue weighted by Crippen LogP contribution is 2.35. The van der Waals surface area contributed by atoms with Crippen LogP contribution in [0.25, 0.3) is 0 Å². The Hall–Kier alpha value is -4.24. The highest BCUT2D eigenvalue weighted by molar-refractivity contribution is 6.34. The predicted molar refractivity (Wildman–Crippen MR) is 181 cm³/mol. The Morgan fingerprint density at radius 1 is 0.913 bits per heavy atom. The van der Waals surface area contributed by atoms with Crippen molar-refractivity contribution in [2.45, 2.75) is 91.5 Å². The van der Waals surface area contributed by atoms with Crippen LogP contribution in [0, 0.1) is 12.8 Å². The summed E-state index contributed by atoms with van der Waals surface area (Å²) in [5, 5.41) is 26.9. The Morgan fingerprint density at radius 2 is 1.57 bits per heavy atom. The smallest absolute Gasteiger partial charge is 0.408 e. The van der Waals surface area contributed by atoms with Gasteiger partial charge >= 0.3 is 6.09 Å². The van der Waals surface area contributed by atoms with Crippen LogP contribution in [0.2, 0.25) is 5.02 Å². The molecule has 3 unspecified atom stereocenters. The number of nitrogens with zero attached hydrogens (tertiary/aromatic N) is 1. The van der Waals surface area contributed by atoms with Crippen LogP contribution in [-0.4, -0.2) is 50.7 Å². The van der Waals surface area contributed by atoms with Crippen molar-refractivity contribution in [1.82, 2.24) is 10.2 Å². The number of amides is 3. The molecule has 46 heavy (non-hydrogen) atoms. The molecule has 0 fully saturated rings. The fourth-order valence-corrected chi connectivity index (χ4v) is 5.40. The summed E-state index contributed by atoms with van der Waals surface area (Å²) in [4.78, 5) is 43.7. The third-order valence-corrected chi connectivity index (χ3v) is 7.80. The number of halogens is 1. The van der Waals surface area contributed by atoms with E-state index in [4.69, 9.17) is 16.3 Å². The van der Waals surface area contributed by atoms with E-state index in [0.29, 0.717) is 28.6 Å². The number of anilines is 1. The van der Waals surface area contributed by atoms with Crippen LogP contribution in [0.1, 0.15) is 77.1 Å². The van der Waals surface area contributed by atoms with Crippen LogP contribution in [0.15, 0.2) is 66.7 Å². The summed E-state index contributed by atoms with van der Waals surface area (Å²) in [6.45, 7) is 13.0. The Balaban J connectivity index is 2.18. The van der Waals surface area contributed by atoms with Crippen molar-refractivity contribution in [3.05, 3.63) is 88.4 Å². The maximum atomic E-state index is 14.8. The van der Waals surface area contributed by atoms with E-state index in [1.807, 2.05) is 19.9 Å². The normalized spacial score (nSPS) is 13.4. The largest absolute Gasteiger partial charge is 0.508 e. The monoisotopic (exact) mass is 651 g/mol. The Bertz CT molecular complexity index is 1480. The molecule has 0 bridgehead atoms. The van der Waals surface area contributed by atoms with Crippen molar-refractivity contribution in [2.24, 2.45) is 5.92 Å². The summed E-state index contributed by atoms with van der Waals surface area (Å²) in [6.07, 6.45) is 0.551. The van der Waals surface area contributed by atoms with Crippen LogP contribution >= 0.6 is 11.6 Å². The topological polar surface area (TPSA) is 128 Å². The van der Waals surface area contributed by atoms with Gasteiger partial charge in [0.05, 0.1) is 10.7 Å². The molecule has 0 spiro atoms. The van der Waals surface area contributed by atoms with E-state index >= 15 is 0 Å². The zero-order valence-electron chi connectivity index (χ0n) is 27.6. The number of carbonyl (C=O) groups excluding carboxylic acids is 3. The summed E-state index contributed by atoms with van der Waals surface area (Å²) < 4.78 is 5.52. The number of ether oxygens (including phenoxy) is 1. The van der Waals surface area contributed by atoms with E-state index in [0.717, 1.165) is 12.0 Å². The van der Waals surface area contributed by atoms with Crippen LogP contribution in [0.4, 0.5) is 10.5 Å². The van der Waals surface area contributed by atoms with Gasteiger partial charge in [-0.15, -0.1) is 0 Å². The van der Waals surface area contributed by atoms with Gasteiger partial charge in [-0.25, -0.2) is 4.79 Å². The first-order chi connectivity index (χ1) is 21.6. The van der Waals surface area contributed by atoms with Crippen molar-refractivity contribution in [2.75, 3.05) is 5.32 Å². The van der Waals surface area contributed by atoms with Gasteiger partial charge in [0, 0.05) is 18.0 Å². The minimum Gasteiger partial charge on any atom is -0.508 e. The second-order valence-electron chi connectivity index (χ2n) is 13.0. The van der Waals surface area contributed by atoms with Gasteiger partial charge in [-0.05, 0) is 88.8 Å². The predicted octanol–water partition coefficient (Wildman–Crippen LogP) is 7.53. The van der Waals surface area contributed by atoms with Gasteiger partial charge < -0.3 is 30.5 Å². The minimum absolute atomic E-state index is 0.0461. The number of benzene rings is 3. The van der Waals surface area contributed by atoms with Crippen LogP contribution in [-0.2, 0) is 20.7 Å². The number of carbonyl (C=O) groups is 3. The molecule has 248 valence electrons. The summed E-state index contributed by atoms with van der Waals surface area (Å²) >= 11 is 6.48. The lowest BCUT2D eigenvalue weighted by Crippen LogP contribution is -2.55. The molecule has 9 nitrogen and oxygen atoms in total. The van der Waals surface area contributed by atoms with Crippen molar-refractivity contribution in [1.29, 1.82) is 0 Å². The maximum absolute atomic E-state index is 14.8. The average Bonchev–Trinajstić information content (AvgIpc) is 2.96. The second-order valence-corrected chi connectivity index (χ2v) is 13.4. The molecule has 0 radical (unpaired) electrons. The van der Waals surface area contributed by atoms with E-state index in [9.17, 15) is 24.6 Å². The molecule has 3 aromatic rings. The van der Waals surface area contributed by atoms with Crippen molar-refractivity contribution >= 4 is 35.2 Å². The summed E-state index contributed by atoms with van der Waals surface area (Å²) in [5.74, 6) is -0.919. The number of alkyl carbamates (subject to hydrolysis) is 1. The summed E-state index contributed by atoms with van der Waals surface area (Å²) in [6, 6.07) is 15.0. The number of hydrogen-bond donors (Lipinski definition) is 4. The van der Waals surface area contributed by atoms with E-state index in [-0.39, 0.29) is 23.5 Å². The maximum Gasteiger partial charge on any atom is 0.408 e. The molecule has 3 rings (SSSR count). The Labute approximate surface area is 276 Å². The van der Waals surface area contributed by atoms with Crippen LogP contribution < -0.4 is 10.6 Å². The third-order valence-electron chi connectivity index (χ3n) is 7.48. The van der Waals surface area contributed by atoms with E-state index in [1.54, 1.807) is 63.2 Å². The number of phenols is 2. The molecular weight excluding hydrogens is 606 g/mol. The molecule has 0 aliphatic carbocycles. The molecule has 0 heterocycles. The molecular formula is C36H46ClN3O6. The lowest BCUT2D eigenvalue weighted by atomic mass is 9.95. The van der Waals surface area contributed by atoms with Gasteiger partial charge in [0.2, 0.25) is 5.91 Å². The Kier molecular flexibility index (Phi) is 12.5. The van der Waals surface area contributed by atoms with E-state index in [1.165, 1.54) is 23.1 Å². The molecule has 4 N–H and O–H groups in total. The molecule has 0 aliphatic rings. The first kappa shape index (κ1) is 36.2. The number of aryl methyl sites for hydroxylation is 1. The lowest BCUT2D eigenvalue weighted by molar-refractivity contribution is -0.143. The minimum atomic E-state index is -1.30. The number of aromatic hydroxyl groups is 2. The lowest BCUT2D eigenvalue weighted by Gasteiger charge is -2.39. The van der Waals surface area contributed by atoms with Crippen molar-refractivity contribution in [3.63, 3.8) is 0 Å². The van der Waals surface area contributed by atoms with Crippen LogP contribution in [0.3, 0.4) is 0 Å². The first-order valence-corrected chi connectivity index (χ1v) is 15.9. The van der Waals surface area contributed by atoms with Gasteiger partial charge in [0.15, 0.2) is 0 Å². The standard InChI is InChI=1S/C36H46ClN3O6/c1-22(2)15-16-24(4)40(34(44)29(38-35(45)46-36(5,6)7)21-25-17-19-26(41)20-18-25)32(27-12-8-9-14-30(27)42)33(43)39-31-23(3)11-10-13-28(31)37/h8-14,17-20,22,24,29,32,41-42H,15-16,21H2,1-7H3,(H,38,45)(H,39,43). The third kappa shape index (κ3) is 10.1. The summed E-state index contributed by atoms with van der Waals surface area (Å²) in [5.41, 5.74) is 1.17.